The number of benzene rings is 4. The van der Waals surface area contributed by atoms with Gasteiger partial charge in [-0.1, -0.05) is 72.8 Å². The van der Waals surface area contributed by atoms with E-state index in [1.807, 2.05) is 121 Å². The predicted molar refractivity (Wildman–Crippen MR) is 233 cm³/mol. The Morgan fingerprint density at radius 1 is 0.397 bits per heavy atom. The third-order valence-corrected chi connectivity index (χ3v) is 8.18. The van der Waals surface area contributed by atoms with Gasteiger partial charge in [0.2, 0.25) is 35.7 Å². The van der Waals surface area contributed by atoms with Crippen molar-refractivity contribution in [1.29, 1.82) is 0 Å². The second-order valence-electron chi connectivity index (χ2n) is 12.7. The Morgan fingerprint density at radius 2 is 0.655 bits per heavy atom. The maximum atomic E-state index is 10.3. The third kappa shape index (κ3) is 12.9. The summed E-state index contributed by atoms with van der Waals surface area (Å²) in [6, 6.07) is 34.2. The topological polar surface area (TPSA) is 213 Å². The number of aromatic nitrogens is 6. The molecule has 18 heteroatoms. The molecule has 58 heavy (non-hydrogen) atoms. The average Bonchev–Trinajstić information content (AvgIpc) is 3.15. The molecular weight excluding hydrogens is 758 g/mol. The summed E-state index contributed by atoms with van der Waals surface area (Å²) in [7, 11) is 0. The van der Waals surface area contributed by atoms with Gasteiger partial charge in [-0.05, 0) is 87.4 Å². The first-order valence-corrected chi connectivity index (χ1v) is 17.9. The van der Waals surface area contributed by atoms with Crippen molar-refractivity contribution in [2.75, 3.05) is 31.1 Å². The van der Waals surface area contributed by atoms with Crippen LogP contribution in [0.15, 0.2) is 109 Å². The van der Waals surface area contributed by atoms with E-state index in [4.69, 9.17) is 0 Å². The number of nitrogens with one attached hydrogen (secondary N) is 4. The van der Waals surface area contributed by atoms with Gasteiger partial charge >= 0.3 is 59.1 Å². The molecule has 0 bridgehead atoms. The van der Waals surface area contributed by atoms with Gasteiger partial charge in [0.1, 0.15) is 24.9 Å². The van der Waals surface area contributed by atoms with Crippen molar-refractivity contribution in [3.05, 3.63) is 120 Å². The van der Waals surface area contributed by atoms with Crippen LogP contribution in [0.1, 0.15) is 38.8 Å². The molecule has 2 heterocycles. The van der Waals surface area contributed by atoms with Crippen molar-refractivity contribution in [2.24, 2.45) is 0 Å². The molecular formula is C40H46N12Na2O4. The number of para-hydroxylation sites is 2. The molecule has 4 unspecified atom stereocenters. The van der Waals surface area contributed by atoms with E-state index in [1.165, 1.54) is 37.5 Å². The molecule has 0 spiro atoms. The van der Waals surface area contributed by atoms with Crippen LogP contribution in [-0.4, -0.2) is 134 Å². The maximum absolute atomic E-state index is 10.3. The van der Waals surface area contributed by atoms with Crippen LogP contribution in [-0.2, 0) is 0 Å². The van der Waals surface area contributed by atoms with E-state index in [2.05, 4.69) is 51.2 Å². The van der Waals surface area contributed by atoms with Crippen LogP contribution in [0.3, 0.4) is 0 Å². The van der Waals surface area contributed by atoms with E-state index < -0.39 is 24.9 Å². The first-order valence-electron chi connectivity index (χ1n) is 17.9. The van der Waals surface area contributed by atoms with Crippen molar-refractivity contribution in [3.63, 3.8) is 0 Å². The monoisotopic (exact) mass is 804 g/mol. The van der Waals surface area contributed by atoms with E-state index in [1.54, 1.807) is 0 Å². The molecule has 8 N–H and O–H groups in total. The van der Waals surface area contributed by atoms with Crippen molar-refractivity contribution >= 4 is 130 Å². The molecule has 0 aliphatic carbocycles. The van der Waals surface area contributed by atoms with E-state index in [-0.39, 0.29) is 94.8 Å². The van der Waals surface area contributed by atoms with Crippen LogP contribution < -0.4 is 31.1 Å². The Bertz CT molecular complexity index is 2030. The zero-order chi connectivity index (χ0) is 39.6. The van der Waals surface area contributed by atoms with Crippen LogP contribution in [0.4, 0.5) is 58.4 Å². The Morgan fingerprint density at radius 3 is 0.914 bits per heavy atom. The molecule has 292 valence electrons. The second-order valence-corrected chi connectivity index (χ2v) is 12.7. The quantitative estimate of drug-likeness (QED) is 0.0372. The number of rotatable bonds is 16. The Hall–Kier alpha value is -4.72. The fraction of sp³-hybridized carbons (Fsp3) is 0.200. The molecule has 4 aromatic carbocycles. The first-order chi connectivity index (χ1) is 27.0. The number of aliphatic hydroxyl groups is 4. The zero-order valence-electron chi connectivity index (χ0n) is 31.2. The summed E-state index contributed by atoms with van der Waals surface area (Å²) in [6.45, 7) is 6.08. The van der Waals surface area contributed by atoms with Gasteiger partial charge in [0, 0.05) is 22.7 Å². The summed E-state index contributed by atoms with van der Waals surface area (Å²) in [4.78, 5) is 29.4. The molecule has 0 radical (unpaired) electrons. The van der Waals surface area contributed by atoms with Crippen molar-refractivity contribution < 1.29 is 20.4 Å². The average molecular weight is 805 g/mol. The summed E-state index contributed by atoms with van der Waals surface area (Å²) in [5.41, 5.74) is 4.86. The molecule has 0 saturated heterocycles. The van der Waals surface area contributed by atoms with Crippen molar-refractivity contribution in [1.82, 2.24) is 29.9 Å². The Labute approximate surface area is 381 Å². The molecule has 0 amide bonds. The van der Waals surface area contributed by atoms with Crippen LogP contribution >= 0.6 is 0 Å². The van der Waals surface area contributed by atoms with E-state index in [9.17, 15) is 20.4 Å². The molecule has 0 saturated carbocycles. The molecule has 6 rings (SSSR count). The van der Waals surface area contributed by atoms with Gasteiger partial charge in [0.25, 0.3) is 0 Å². The summed E-state index contributed by atoms with van der Waals surface area (Å²) in [6.07, 6.45) is -0.263. The standard InChI is InChI=1S/C40H44N12O4.2Na.2H/c1-25(53)51(26(2)54)39-47-35(41-31-11-7-5-8-12-31)45-37(49-39)43-33-21-17-29(18-22-33)15-16-30-19-23-34(24-20-30)44-38-46-36(42-32-13-9-6-10-14-32)48-40(50-38)52(27(3)55)28(4)56;;;;/h5-28,53-56H,1-4H3,(H2,41,43,45,47,49)(H2,42,44,46,48,50);;;;. The van der Waals surface area contributed by atoms with Gasteiger partial charge in [-0.2, -0.15) is 29.9 Å². The van der Waals surface area contributed by atoms with Crippen LogP contribution in [0, 0.1) is 0 Å². The number of nitrogens with zero attached hydrogens (tertiary/aromatic N) is 8. The molecule has 16 nitrogen and oxygen atoms in total. The van der Waals surface area contributed by atoms with Gasteiger partial charge < -0.3 is 41.7 Å². The SMILES string of the molecule is CC(O)N(c1nc(Nc2ccccc2)nc(Nc2ccc(C=Cc3ccc(Nc4nc(Nc5ccccc5)nc(N(C(C)O)C(C)O)n4)cc3)cc2)n1)C(C)O.[NaH].[NaH]. The van der Waals surface area contributed by atoms with Gasteiger partial charge in [0.15, 0.2) is 0 Å². The van der Waals surface area contributed by atoms with Crippen LogP contribution in [0.25, 0.3) is 12.2 Å². The molecule has 2 aromatic heterocycles. The number of hydrogen-bond donors (Lipinski definition) is 8. The molecule has 4 atom stereocenters. The molecule has 0 aliphatic rings. The second kappa shape index (κ2) is 21.9. The van der Waals surface area contributed by atoms with Gasteiger partial charge in [-0.15, -0.1) is 0 Å². The fourth-order valence-corrected chi connectivity index (χ4v) is 5.58. The fourth-order valence-electron chi connectivity index (χ4n) is 5.58. The summed E-state index contributed by atoms with van der Waals surface area (Å²) < 4.78 is 0. The van der Waals surface area contributed by atoms with E-state index >= 15 is 0 Å². The predicted octanol–water partition coefficient (Wildman–Crippen LogP) is 4.87. The van der Waals surface area contributed by atoms with Crippen molar-refractivity contribution in [3.8, 4) is 0 Å². The van der Waals surface area contributed by atoms with Crippen LogP contribution in [0.2, 0.25) is 0 Å². The number of aliphatic hydroxyl groups excluding tert-OH is 4. The number of anilines is 10. The molecule has 0 aliphatic heterocycles. The summed E-state index contributed by atoms with van der Waals surface area (Å²) in [5, 5.41) is 54.0. The van der Waals surface area contributed by atoms with E-state index in [0.717, 1.165) is 33.9 Å². The zero-order valence-corrected chi connectivity index (χ0v) is 31.2. The van der Waals surface area contributed by atoms with Gasteiger partial charge in [-0.3, -0.25) is 9.80 Å². The summed E-state index contributed by atoms with van der Waals surface area (Å²) >= 11 is 0. The van der Waals surface area contributed by atoms with Gasteiger partial charge in [0.05, 0.1) is 0 Å². The third-order valence-electron chi connectivity index (χ3n) is 8.18. The van der Waals surface area contributed by atoms with Gasteiger partial charge in [-0.25, -0.2) is 0 Å². The minimum absolute atomic E-state index is 0. The minimum atomic E-state index is -1.06. The van der Waals surface area contributed by atoms with E-state index in [0.29, 0.717) is 0 Å². The molecule has 0 fully saturated rings. The number of hydrogen-bond acceptors (Lipinski definition) is 16. The Balaban J connectivity index is 0.00000372. The van der Waals surface area contributed by atoms with Crippen molar-refractivity contribution in [2.45, 2.75) is 52.6 Å². The first kappa shape index (κ1) is 46.0. The normalized spacial score (nSPS) is 12.9. The van der Waals surface area contributed by atoms with Crippen LogP contribution in [0.5, 0.6) is 0 Å². The Kier molecular flexibility index (Phi) is 17.3. The molecule has 6 aromatic rings. The summed E-state index contributed by atoms with van der Waals surface area (Å²) in [5.74, 6) is 1.09.